The van der Waals surface area contributed by atoms with Crippen LogP contribution in [0.3, 0.4) is 0 Å². The lowest BCUT2D eigenvalue weighted by atomic mass is 9.88. The van der Waals surface area contributed by atoms with Gasteiger partial charge in [0.15, 0.2) is 0 Å². The maximum atomic E-state index is 15.0. The molecular weight excluding hydrogens is 373 g/mol. The molecule has 4 rings (SSSR count). The highest BCUT2D eigenvalue weighted by Gasteiger charge is 2.36. The Labute approximate surface area is 160 Å². The second-order valence-corrected chi connectivity index (χ2v) is 8.61. The molecule has 2 aliphatic rings. The lowest BCUT2D eigenvalue weighted by Gasteiger charge is -2.28. The Morgan fingerprint density at radius 3 is 2.48 bits per heavy atom. The van der Waals surface area contributed by atoms with E-state index in [9.17, 15) is 14.0 Å². The number of halogens is 2. The normalized spacial score (nSPS) is 20.6. The zero-order chi connectivity index (χ0) is 19.7. The van der Waals surface area contributed by atoms with Gasteiger partial charge in [-0.1, -0.05) is 11.6 Å². The number of aromatic nitrogens is 2. The molecule has 0 amide bonds. The molecule has 1 atom stereocenters. The van der Waals surface area contributed by atoms with Crippen molar-refractivity contribution in [2.24, 2.45) is 11.7 Å². The molecule has 146 valence electrons. The Kier molecular flexibility index (Phi) is 4.05. The van der Waals surface area contributed by atoms with Crippen LogP contribution in [0.15, 0.2) is 15.7 Å². The summed E-state index contributed by atoms with van der Waals surface area (Å²) in [7, 11) is 0. The number of rotatable bonds is 3. The van der Waals surface area contributed by atoms with E-state index in [1.807, 2.05) is 18.7 Å². The molecule has 2 heterocycles. The fourth-order valence-electron chi connectivity index (χ4n) is 3.96. The van der Waals surface area contributed by atoms with E-state index >= 15 is 0 Å². The van der Waals surface area contributed by atoms with E-state index in [0.717, 1.165) is 25.3 Å². The van der Waals surface area contributed by atoms with Gasteiger partial charge in [-0.25, -0.2) is 9.18 Å². The Balaban J connectivity index is 1.94. The van der Waals surface area contributed by atoms with Crippen LogP contribution in [0.5, 0.6) is 0 Å². The monoisotopic (exact) mass is 395 g/mol. The fraction of sp³-hybridized carbons (Fsp3) is 0.556. The van der Waals surface area contributed by atoms with Gasteiger partial charge in [-0.05, 0) is 45.1 Å². The lowest BCUT2D eigenvalue weighted by molar-refractivity contribution is 0.348. The fourth-order valence-corrected chi connectivity index (χ4v) is 4.36. The van der Waals surface area contributed by atoms with Crippen molar-refractivity contribution in [3.05, 3.63) is 37.7 Å². The molecule has 1 saturated carbocycles. The smallest absolute Gasteiger partial charge is 0.350 e. The van der Waals surface area contributed by atoms with E-state index in [1.54, 1.807) is 0 Å². The predicted octanol–water partition coefficient (Wildman–Crippen LogP) is 1.57. The van der Waals surface area contributed by atoms with Crippen molar-refractivity contribution in [1.82, 2.24) is 9.24 Å². The van der Waals surface area contributed by atoms with Crippen molar-refractivity contribution < 1.29 is 4.39 Å². The quantitative estimate of drug-likeness (QED) is 0.768. The highest BCUT2D eigenvalue weighted by atomic mass is 35.5. The minimum atomic E-state index is -0.748. The Hall–Kier alpha value is -2.06. The summed E-state index contributed by atoms with van der Waals surface area (Å²) in [6.45, 7) is 5.07. The van der Waals surface area contributed by atoms with Gasteiger partial charge in [-0.2, -0.15) is 4.68 Å². The zero-order valence-corrected chi connectivity index (χ0v) is 16.1. The van der Waals surface area contributed by atoms with Crippen LogP contribution in [-0.2, 0) is 0 Å². The Bertz CT molecular complexity index is 1050. The third kappa shape index (κ3) is 2.82. The standard InChI is InChI=1S/C18H23ClFN5O2/c1-18(2,21)9-5-6-23(8-9)15-12(20)7-11-14(13(15)19)24(10-3-4-10)17(27)25(22)16(11)26/h7,9-10H,3-6,8,21-22H2,1-2H3/t9-/m0/s1. The summed E-state index contributed by atoms with van der Waals surface area (Å²) in [5.41, 5.74) is 4.94. The van der Waals surface area contributed by atoms with Gasteiger partial charge >= 0.3 is 5.69 Å². The Morgan fingerprint density at radius 1 is 1.26 bits per heavy atom. The molecule has 2 aromatic rings. The van der Waals surface area contributed by atoms with E-state index in [1.165, 1.54) is 4.57 Å². The molecule has 1 aliphatic carbocycles. The van der Waals surface area contributed by atoms with Gasteiger partial charge in [-0.15, -0.1) is 0 Å². The predicted molar refractivity (Wildman–Crippen MR) is 104 cm³/mol. The Morgan fingerprint density at radius 2 is 1.93 bits per heavy atom. The average molecular weight is 396 g/mol. The molecular formula is C18H23ClFN5O2. The number of benzene rings is 1. The molecule has 27 heavy (non-hydrogen) atoms. The SMILES string of the molecule is CC(C)(N)[C@H]1CCN(c2c(F)cc3c(=O)n(N)c(=O)n(C4CC4)c3c2Cl)C1. The lowest BCUT2D eigenvalue weighted by Crippen LogP contribution is -2.44. The van der Waals surface area contributed by atoms with Gasteiger partial charge in [0.2, 0.25) is 0 Å². The molecule has 1 aromatic carbocycles. The number of fused-ring (bicyclic) bond motifs is 1. The highest BCUT2D eigenvalue weighted by Crippen LogP contribution is 2.42. The summed E-state index contributed by atoms with van der Waals surface area (Å²) >= 11 is 6.60. The number of nitrogens with two attached hydrogens (primary N) is 2. The zero-order valence-electron chi connectivity index (χ0n) is 15.3. The minimum absolute atomic E-state index is 0.0187. The average Bonchev–Trinajstić information content (AvgIpc) is 3.29. The summed E-state index contributed by atoms with van der Waals surface area (Å²) in [5, 5.41) is 0.104. The summed E-state index contributed by atoms with van der Waals surface area (Å²) in [4.78, 5) is 26.8. The molecule has 0 bridgehead atoms. The maximum Gasteiger partial charge on any atom is 0.350 e. The molecule has 9 heteroatoms. The number of hydrogen-bond acceptors (Lipinski definition) is 5. The summed E-state index contributed by atoms with van der Waals surface area (Å²) in [6.07, 6.45) is 2.41. The van der Waals surface area contributed by atoms with E-state index in [4.69, 9.17) is 23.2 Å². The van der Waals surface area contributed by atoms with E-state index in [0.29, 0.717) is 17.8 Å². The second-order valence-electron chi connectivity index (χ2n) is 8.23. The molecule has 0 spiro atoms. The van der Waals surface area contributed by atoms with Gasteiger partial charge in [0.1, 0.15) is 5.82 Å². The third-order valence-corrected chi connectivity index (χ3v) is 6.10. The molecule has 1 aromatic heterocycles. The van der Waals surface area contributed by atoms with Crippen LogP contribution < -0.4 is 27.7 Å². The van der Waals surface area contributed by atoms with E-state index < -0.39 is 22.6 Å². The minimum Gasteiger partial charge on any atom is -0.368 e. The summed E-state index contributed by atoms with van der Waals surface area (Å²) in [6, 6.07) is 1.07. The van der Waals surface area contributed by atoms with Gasteiger partial charge < -0.3 is 16.5 Å². The molecule has 2 fully saturated rings. The van der Waals surface area contributed by atoms with Crippen molar-refractivity contribution in [2.75, 3.05) is 23.8 Å². The molecule has 4 N–H and O–H groups in total. The van der Waals surface area contributed by atoms with Crippen molar-refractivity contribution in [2.45, 2.75) is 44.7 Å². The first-order valence-corrected chi connectivity index (χ1v) is 9.47. The van der Waals surface area contributed by atoms with Crippen LogP contribution >= 0.6 is 11.6 Å². The molecule has 1 saturated heterocycles. The molecule has 7 nitrogen and oxygen atoms in total. The first-order valence-electron chi connectivity index (χ1n) is 9.09. The topological polar surface area (TPSA) is 99.3 Å². The summed E-state index contributed by atoms with van der Waals surface area (Å²) < 4.78 is 16.9. The van der Waals surface area contributed by atoms with E-state index in [2.05, 4.69) is 0 Å². The largest absolute Gasteiger partial charge is 0.368 e. The van der Waals surface area contributed by atoms with Crippen molar-refractivity contribution in [3.8, 4) is 0 Å². The van der Waals surface area contributed by atoms with Crippen LogP contribution in [0.4, 0.5) is 10.1 Å². The van der Waals surface area contributed by atoms with Gasteiger partial charge in [0.05, 0.1) is 21.6 Å². The van der Waals surface area contributed by atoms with Gasteiger partial charge in [-0.3, -0.25) is 9.36 Å². The van der Waals surface area contributed by atoms with Crippen molar-refractivity contribution in [1.29, 1.82) is 0 Å². The van der Waals surface area contributed by atoms with Crippen LogP contribution in [0.1, 0.15) is 39.2 Å². The second kappa shape index (κ2) is 5.97. The first-order chi connectivity index (χ1) is 12.6. The number of hydrogen-bond donors (Lipinski definition) is 2. The highest BCUT2D eigenvalue weighted by molar-refractivity contribution is 6.38. The summed E-state index contributed by atoms with van der Waals surface area (Å²) in [5.74, 6) is 5.21. The molecule has 0 unspecified atom stereocenters. The maximum absolute atomic E-state index is 15.0. The number of nitrogen functional groups attached to an aromatic ring is 1. The van der Waals surface area contributed by atoms with E-state index in [-0.39, 0.29) is 33.6 Å². The van der Waals surface area contributed by atoms with Crippen LogP contribution in [-0.4, -0.2) is 27.9 Å². The van der Waals surface area contributed by atoms with Gasteiger partial charge in [0, 0.05) is 24.7 Å². The third-order valence-electron chi connectivity index (χ3n) is 5.74. The van der Waals surface area contributed by atoms with Crippen LogP contribution in [0, 0.1) is 11.7 Å². The van der Waals surface area contributed by atoms with Crippen molar-refractivity contribution >= 4 is 28.2 Å². The number of anilines is 1. The van der Waals surface area contributed by atoms with Crippen molar-refractivity contribution in [3.63, 3.8) is 0 Å². The number of nitrogens with zero attached hydrogens (tertiary/aromatic N) is 3. The van der Waals surface area contributed by atoms with Crippen LogP contribution in [0.2, 0.25) is 5.02 Å². The molecule has 1 aliphatic heterocycles. The molecule has 0 radical (unpaired) electrons. The van der Waals surface area contributed by atoms with Crippen LogP contribution in [0.25, 0.3) is 10.9 Å². The van der Waals surface area contributed by atoms with Gasteiger partial charge in [0.25, 0.3) is 5.56 Å². The first kappa shape index (κ1) is 18.3.